The summed E-state index contributed by atoms with van der Waals surface area (Å²) in [7, 11) is 0. The maximum absolute atomic E-state index is 13.2. The van der Waals surface area contributed by atoms with Gasteiger partial charge in [-0.25, -0.2) is 4.39 Å². The third-order valence-electron chi connectivity index (χ3n) is 3.90. The molecule has 1 aliphatic carbocycles. The van der Waals surface area contributed by atoms with Gasteiger partial charge < -0.3 is 5.73 Å². The maximum atomic E-state index is 13.2. The van der Waals surface area contributed by atoms with Crippen molar-refractivity contribution in [1.82, 2.24) is 0 Å². The SMILES string of the molecule is NCC1(C(=O)Cc2cc(F)ccc2Cl)CCCC1. The van der Waals surface area contributed by atoms with Crippen molar-refractivity contribution >= 4 is 17.4 Å². The summed E-state index contributed by atoms with van der Waals surface area (Å²) in [5.74, 6) is -0.273. The van der Waals surface area contributed by atoms with E-state index in [1.165, 1.54) is 18.2 Å². The number of hydrogen-bond donors (Lipinski definition) is 1. The zero-order valence-electron chi connectivity index (χ0n) is 10.2. The molecule has 1 fully saturated rings. The van der Waals surface area contributed by atoms with Crippen LogP contribution in [0.1, 0.15) is 31.2 Å². The molecule has 18 heavy (non-hydrogen) atoms. The highest BCUT2D eigenvalue weighted by atomic mass is 35.5. The number of hydrogen-bond acceptors (Lipinski definition) is 2. The zero-order chi connectivity index (χ0) is 13.2. The molecule has 0 saturated heterocycles. The van der Waals surface area contributed by atoms with Crippen molar-refractivity contribution in [1.29, 1.82) is 0 Å². The lowest BCUT2D eigenvalue weighted by molar-refractivity contribution is -0.127. The Labute approximate surface area is 111 Å². The van der Waals surface area contributed by atoms with Gasteiger partial charge in [-0.2, -0.15) is 0 Å². The summed E-state index contributed by atoms with van der Waals surface area (Å²) in [4.78, 5) is 12.4. The molecule has 0 bridgehead atoms. The third kappa shape index (κ3) is 2.57. The first-order chi connectivity index (χ1) is 8.57. The number of carbonyl (C=O) groups is 1. The topological polar surface area (TPSA) is 43.1 Å². The standard InChI is InChI=1S/C14H17ClFNO/c15-12-4-3-11(16)7-10(12)8-13(18)14(9-17)5-1-2-6-14/h3-4,7H,1-2,5-6,8-9,17H2. The van der Waals surface area contributed by atoms with E-state index in [9.17, 15) is 9.18 Å². The Bertz CT molecular complexity index is 455. The van der Waals surface area contributed by atoms with Gasteiger partial charge in [0.2, 0.25) is 0 Å². The van der Waals surface area contributed by atoms with Crippen molar-refractivity contribution in [3.8, 4) is 0 Å². The highest BCUT2D eigenvalue weighted by Crippen LogP contribution is 2.39. The van der Waals surface area contributed by atoms with Crippen molar-refractivity contribution in [2.24, 2.45) is 11.1 Å². The van der Waals surface area contributed by atoms with Crippen LogP contribution in [0.2, 0.25) is 5.02 Å². The molecule has 0 spiro atoms. The molecule has 0 radical (unpaired) electrons. The van der Waals surface area contributed by atoms with Gasteiger partial charge in [-0.15, -0.1) is 0 Å². The van der Waals surface area contributed by atoms with Crippen LogP contribution in [0.15, 0.2) is 18.2 Å². The third-order valence-corrected chi connectivity index (χ3v) is 4.27. The van der Waals surface area contributed by atoms with Crippen LogP contribution < -0.4 is 5.73 Å². The summed E-state index contributed by atoms with van der Waals surface area (Å²) in [6.07, 6.45) is 3.94. The molecular formula is C14H17ClFNO. The van der Waals surface area contributed by atoms with E-state index in [4.69, 9.17) is 17.3 Å². The summed E-state index contributed by atoms with van der Waals surface area (Å²) in [6.45, 7) is 0.374. The van der Waals surface area contributed by atoms with Gasteiger partial charge in [0.1, 0.15) is 11.6 Å². The van der Waals surface area contributed by atoms with Crippen LogP contribution in [0.4, 0.5) is 4.39 Å². The predicted molar refractivity (Wildman–Crippen MR) is 70.1 cm³/mol. The largest absolute Gasteiger partial charge is 0.329 e. The number of benzene rings is 1. The van der Waals surface area contributed by atoms with Gasteiger partial charge in [0.25, 0.3) is 0 Å². The molecule has 1 aliphatic rings. The second kappa shape index (κ2) is 5.37. The van der Waals surface area contributed by atoms with E-state index >= 15 is 0 Å². The van der Waals surface area contributed by atoms with E-state index in [1.54, 1.807) is 0 Å². The fourth-order valence-electron chi connectivity index (χ4n) is 2.69. The van der Waals surface area contributed by atoms with Gasteiger partial charge in [-0.1, -0.05) is 24.4 Å². The van der Waals surface area contributed by atoms with Crippen LogP contribution in [0, 0.1) is 11.2 Å². The van der Waals surface area contributed by atoms with E-state index in [-0.39, 0.29) is 18.0 Å². The number of nitrogens with two attached hydrogens (primary N) is 1. The van der Waals surface area contributed by atoms with E-state index in [2.05, 4.69) is 0 Å². The number of halogens is 2. The minimum absolute atomic E-state index is 0.0926. The Balaban J connectivity index is 2.18. The van der Waals surface area contributed by atoms with E-state index < -0.39 is 5.41 Å². The molecule has 2 nitrogen and oxygen atoms in total. The minimum atomic E-state index is -0.407. The monoisotopic (exact) mass is 269 g/mol. The summed E-state index contributed by atoms with van der Waals surface area (Å²) >= 11 is 5.99. The van der Waals surface area contributed by atoms with Crippen LogP contribution >= 0.6 is 11.6 Å². The lowest BCUT2D eigenvalue weighted by Crippen LogP contribution is -2.37. The molecular weight excluding hydrogens is 253 g/mol. The predicted octanol–water partition coefficient (Wildman–Crippen LogP) is 3.11. The lowest BCUT2D eigenvalue weighted by Gasteiger charge is -2.25. The smallest absolute Gasteiger partial charge is 0.144 e. The number of carbonyl (C=O) groups excluding carboxylic acids is 1. The highest BCUT2D eigenvalue weighted by molar-refractivity contribution is 6.31. The second-order valence-electron chi connectivity index (χ2n) is 5.03. The van der Waals surface area contributed by atoms with Gasteiger partial charge in [0, 0.05) is 23.4 Å². The van der Waals surface area contributed by atoms with Crippen molar-refractivity contribution in [3.63, 3.8) is 0 Å². The van der Waals surface area contributed by atoms with Gasteiger partial charge in [0.05, 0.1) is 0 Å². The molecule has 0 atom stereocenters. The Kier molecular flexibility index (Phi) is 4.03. The summed E-state index contributed by atoms with van der Waals surface area (Å²) in [6, 6.07) is 4.12. The lowest BCUT2D eigenvalue weighted by atomic mass is 9.79. The molecule has 0 aliphatic heterocycles. The molecule has 2 rings (SSSR count). The Hall–Kier alpha value is -0.930. The number of Topliss-reactive ketones (excluding diaryl/α,β-unsaturated/α-hetero) is 1. The van der Waals surface area contributed by atoms with Crippen LogP contribution in [0.3, 0.4) is 0 Å². The first kappa shape index (κ1) is 13.5. The molecule has 0 unspecified atom stereocenters. The van der Waals surface area contributed by atoms with Crippen molar-refractivity contribution in [3.05, 3.63) is 34.6 Å². The van der Waals surface area contributed by atoms with Crippen LogP contribution in [0.25, 0.3) is 0 Å². The van der Waals surface area contributed by atoms with E-state index in [1.807, 2.05) is 0 Å². The van der Waals surface area contributed by atoms with Crippen LogP contribution in [0.5, 0.6) is 0 Å². The average Bonchev–Trinajstić information content (AvgIpc) is 2.84. The Morgan fingerprint density at radius 3 is 2.67 bits per heavy atom. The molecule has 1 saturated carbocycles. The zero-order valence-corrected chi connectivity index (χ0v) is 11.0. The van der Waals surface area contributed by atoms with Crippen LogP contribution in [-0.4, -0.2) is 12.3 Å². The molecule has 2 N–H and O–H groups in total. The fraction of sp³-hybridized carbons (Fsp3) is 0.500. The second-order valence-corrected chi connectivity index (χ2v) is 5.43. The molecule has 0 aromatic heterocycles. The van der Waals surface area contributed by atoms with E-state index in [0.717, 1.165) is 25.7 Å². The highest BCUT2D eigenvalue weighted by Gasteiger charge is 2.39. The van der Waals surface area contributed by atoms with Crippen molar-refractivity contribution in [2.75, 3.05) is 6.54 Å². The number of ketones is 1. The Morgan fingerprint density at radius 2 is 2.06 bits per heavy atom. The van der Waals surface area contributed by atoms with E-state index in [0.29, 0.717) is 17.1 Å². The number of rotatable bonds is 4. The average molecular weight is 270 g/mol. The molecule has 0 amide bonds. The summed E-state index contributed by atoms with van der Waals surface area (Å²) in [5.41, 5.74) is 5.91. The molecule has 98 valence electrons. The minimum Gasteiger partial charge on any atom is -0.329 e. The summed E-state index contributed by atoms with van der Waals surface area (Å²) in [5, 5.41) is 0.440. The summed E-state index contributed by atoms with van der Waals surface area (Å²) < 4.78 is 13.2. The van der Waals surface area contributed by atoms with Crippen molar-refractivity contribution < 1.29 is 9.18 Å². The van der Waals surface area contributed by atoms with Crippen LogP contribution in [-0.2, 0) is 11.2 Å². The van der Waals surface area contributed by atoms with Gasteiger partial charge in [-0.3, -0.25) is 4.79 Å². The molecule has 4 heteroatoms. The first-order valence-electron chi connectivity index (χ1n) is 6.25. The maximum Gasteiger partial charge on any atom is 0.144 e. The van der Waals surface area contributed by atoms with Gasteiger partial charge >= 0.3 is 0 Å². The molecule has 1 aromatic carbocycles. The first-order valence-corrected chi connectivity index (χ1v) is 6.62. The normalized spacial score (nSPS) is 17.9. The molecule has 0 heterocycles. The van der Waals surface area contributed by atoms with Crippen molar-refractivity contribution in [2.45, 2.75) is 32.1 Å². The van der Waals surface area contributed by atoms with Gasteiger partial charge in [-0.05, 0) is 36.6 Å². The quantitative estimate of drug-likeness (QED) is 0.913. The Morgan fingerprint density at radius 1 is 1.39 bits per heavy atom. The fourth-order valence-corrected chi connectivity index (χ4v) is 2.87. The van der Waals surface area contributed by atoms with Gasteiger partial charge in [0.15, 0.2) is 0 Å². The molecule has 1 aromatic rings.